The van der Waals surface area contributed by atoms with Crippen molar-refractivity contribution in [3.63, 3.8) is 0 Å². The van der Waals surface area contributed by atoms with E-state index in [0.717, 1.165) is 10.0 Å². The predicted molar refractivity (Wildman–Crippen MR) is 101 cm³/mol. The maximum atomic E-state index is 12.9. The minimum absolute atomic E-state index is 0.0879. The zero-order valence-electron chi connectivity index (χ0n) is 14.9. The molecule has 1 heterocycles. The molecule has 7 heteroatoms. The summed E-state index contributed by atoms with van der Waals surface area (Å²) < 4.78 is 31.2. The summed E-state index contributed by atoms with van der Waals surface area (Å²) in [5.41, 5.74) is 1.69. The Bertz CT molecular complexity index is 849. The van der Waals surface area contributed by atoms with Crippen LogP contribution < -0.4 is 4.72 Å². The van der Waals surface area contributed by atoms with Gasteiger partial charge in [0.05, 0.1) is 5.69 Å². The van der Waals surface area contributed by atoms with Crippen LogP contribution in [0.2, 0.25) is 0 Å². The van der Waals surface area contributed by atoms with E-state index in [1.54, 1.807) is 23.0 Å². The summed E-state index contributed by atoms with van der Waals surface area (Å²) in [6, 6.07) is 5.45. The van der Waals surface area contributed by atoms with Gasteiger partial charge in [0.2, 0.25) is 0 Å². The number of aryl methyl sites for hydroxylation is 1. The van der Waals surface area contributed by atoms with Crippen molar-refractivity contribution in [2.75, 3.05) is 4.72 Å². The lowest BCUT2D eigenvalue weighted by Crippen LogP contribution is -2.20. The van der Waals surface area contributed by atoms with Crippen LogP contribution in [0.4, 0.5) is 5.69 Å². The van der Waals surface area contributed by atoms with Crippen LogP contribution in [0.15, 0.2) is 33.8 Å². The monoisotopic (exact) mass is 413 g/mol. The largest absolute Gasteiger partial charge is 0.280 e. The van der Waals surface area contributed by atoms with E-state index in [4.69, 9.17) is 0 Å². The molecule has 0 bridgehead atoms. The molecule has 2 aromatic rings. The lowest BCUT2D eigenvalue weighted by molar-refractivity contribution is 0.493. The predicted octanol–water partition coefficient (Wildman–Crippen LogP) is 4.63. The summed E-state index contributed by atoms with van der Waals surface area (Å²) in [7, 11) is -3.72. The molecule has 0 saturated carbocycles. The van der Waals surface area contributed by atoms with Crippen molar-refractivity contribution in [3.8, 4) is 0 Å². The Labute approximate surface area is 152 Å². The first-order valence-electron chi connectivity index (χ1n) is 7.80. The molecule has 132 valence electrons. The number of hydrogen-bond donors (Lipinski definition) is 1. The fourth-order valence-electron chi connectivity index (χ4n) is 2.27. The van der Waals surface area contributed by atoms with Crippen LogP contribution >= 0.6 is 15.9 Å². The van der Waals surface area contributed by atoms with Crippen LogP contribution in [-0.4, -0.2) is 18.2 Å². The molecule has 0 unspecified atom stereocenters. The minimum atomic E-state index is -3.72. The second-order valence-corrected chi connectivity index (χ2v) is 9.74. The molecule has 2 rings (SSSR count). The first-order valence-corrected chi connectivity index (χ1v) is 10.1. The number of anilines is 1. The highest BCUT2D eigenvalue weighted by molar-refractivity contribution is 9.10. The summed E-state index contributed by atoms with van der Waals surface area (Å²) in [5, 5.41) is 4.51. The van der Waals surface area contributed by atoms with Crippen LogP contribution in [0.1, 0.15) is 51.9 Å². The number of sulfonamides is 1. The van der Waals surface area contributed by atoms with Gasteiger partial charge in [-0.15, -0.1) is 0 Å². The van der Waals surface area contributed by atoms with Gasteiger partial charge in [-0.05, 0) is 44.5 Å². The van der Waals surface area contributed by atoms with Crippen molar-refractivity contribution >= 4 is 31.6 Å². The summed E-state index contributed by atoms with van der Waals surface area (Å²) in [6.45, 7) is 11.7. The molecule has 0 aliphatic heterocycles. The maximum Gasteiger partial charge on any atom is 0.265 e. The van der Waals surface area contributed by atoms with E-state index >= 15 is 0 Å². The number of benzene rings is 1. The molecule has 5 nitrogen and oxygen atoms in total. The fourth-order valence-corrected chi connectivity index (χ4v) is 3.92. The number of nitrogens with zero attached hydrogens (tertiary/aromatic N) is 2. The van der Waals surface area contributed by atoms with Gasteiger partial charge in [0.1, 0.15) is 4.90 Å². The Hall–Kier alpha value is -1.34. The fraction of sp³-hybridized carbons (Fsp3) is 0.471. The zero-order valence-corrected chi connectivity index (χ0v) is 17.3. The molecule has 0 amide bonds. The van der Waals surface area contributed by atoms with Crippen molar-refractivity contribution in [2.45, 2.75) is 57.9 Å². The lowest BCUT2D eigenvalue weighted by Gasteiger charge is -2.18. The Kier molecular flexibility index (Phi) is 5.16. The number of nitrogens with one attached hydrogen (secondary N) is 1. The smallest absolute Gasteiger partial charge is 0.265 e. The van der Waals surface area contributed by atoms with Gasteiger partial charge in [-0.25, -0.2) is 8.42 Å². The van der Waals surface area contributed by atoms with Crippen LogP contribution in [0.5, 0.6) is 0 Å². The van der Waals surface area contributed by atoms with E-state index in [1.165, 1.54) is 0 Å². The highest BCUT2D eigenvalue weighted by atomic mass is 79.9. The van der Waals surface area contributed by atoms with E-state index in [9.17, 15) is 8.42 Å². The molecule has 1 aromatic heterocycles. The lowest BCUT2D eigenvalue weighted by atomic mass is 9.92. The average Bonchev–Trinajstić information content (AvgIpc) is 2.89. The number of hydrogen-bond acceptors (Lipinski definition) is 3. The Morgan fingerprint density at radius 1 is 1.25 bits per heavy atom. The number of rotatable bonds is 4. The minimum Gasteiger partial charge on any atom is -0.280 e. The normalized spacial score (nSPS) is 12.7. The van der Waals surface area contributed by atoms with Gasteiger partial charge in [-0.3, -0.25) is 9.40 Å². The molecule has 0 aliphatic rings. The van der Waals surface area contributed by atoms with Gasteiger partial charge in [-0.2, -0.15) is 5.10 Å². The summed E-state index contributed by atoms with van der Waals surface area (Å²) >= 11 is 3.42. The van der Waals surface area contributed by atoms with E-state index < -0.39 is 10.0 Å². The quantitative estimate of drug-likeness (QED) is 0.793. The molecular weight excluding hydrogens is 390 g/mol. The molecule has 0 atom stereocenters. The van der Waals surface area contributed by atoms with Gasteiger partial charge in [-0.1, -0.05) is 36.7 Å². The van der Waals surface area contributed by atoms with Crippen LogP contribution in [0, 0.1) is 6.92 Å². The summed E-state index contributed by atoms with van der Waals surface area (Å²) in [5.74, 6) is 0. The number of aromatic nitrogens is 2. The van der Waals surface area contributed by atoms with E-state index in [-0.39, 0.29) is 16.4 Å². The summed E-state index contributed by atoms with van der Waals surface area (Å²) in [4.78, 5) is 0.226. The van der Waals surface area contributed by atoms with Crippen LogP contribution in [-0.2, 0) is 15.4 Å². The van der Waals surface area contributed by atoms with E-state index in [2.05, 4.69) is 25.8 Å². The molecule has 1 N–H and O–H groups in total. The third kappa shape index (κ3) is 4.00. The molecule has 1 aromatic carbocycles. The topological polar surface area (TPSA) is 64.0 Å². The molecule has 0 radical (unpaired) electrons. The van der Waals surface area contributed by atoms with Gasteiger partial charge in [0, 0.05) is 27.8 Å². The number of halogens is 1. The van der Waals surface area contributed by atoms with Crippen LogP contribution in [0.3, 0.4) is 0 Å². The highest BCUT2D eigenvalue weighted by Crippen LogP contribution is 2.30. The van der Waals surface area contributed by atoms with Gasteiger partial charge in [0.25, 0.3) is 10.0 Å². The van der Waals surface area contributed by atoms with Crippen molar-refractivity contribution in [3.05, 3.63) is 40.1 Å². The van der Waals surface area contributed by atoms with Crippen molar-refractivity contribution in [2.24, 2.45) is 0 Å². The SMILES string of the molecule is Cc1cc(NS(=O)(=O)c2cn(C(C)C)nc2C(C)(C)C)ccc1Br. The second-order valence-electron chi connectivity index (χ2n) is 7.24. The first-order chi connectivity index (χ1) is 10.9. The summed E-state index contributed by atoms with van der Waals surface area (Å²) in [6.07, 6.45) is 1.61. The standard InChI is InChI=1S/C17H24BrN3O2S/c1-11(2)21-10-15(16(19-21)17(4,5)6)24(22,23)20-13-7-8-14(18)12(3)9-13/h7-11,20H,1-6H3. The maximum absolute atomic E-state index is 12.9. The highest BCUT2D eigenvalue weighted by Gasteiger charge is 2.30. The third-order valence-electron chi connectivity index (χ3n) is 3.64. The second kappa shape index (κ2) is 6.52. The van der Waals surface area contributed by atoms with Crippen LogP contribution in [0.25, 0.3) is 0 Å². The third-order valence-corrected chi connectivity index (χ3v) is 5.91. The molecule has 0 fully saturated rings. The molecular formula is C17H24BrN3O2S. The van der Waals surface area contributed by atoms with Gasteiger partial charge < -0.3 is 0 Å². The molecule has 0 spiro atoms. The first kappa shape index (κ1) is 19.0. The Morgan fingerprint density at radius 2 is 1.88 bits per heavy atom. The molecule has 0 aliphatic carbocycles. The Morgan fingerprint density at radius 3 is 2.38 bits per heavy atom. The molecule has 0 saturated heterocycles. The van der Waals surface area contributed by atoms with Crippen molar-refractivity contribution in [1.29, 1.82) is 0 Å². The molecule has 24 heavy (non-hydrogen) atoms. The van der Waals surface area contributed by atoms with Gasteiger partial charge >= 0.3 is 0 Å². The van der Waals surface area contributed by atoms with Crippen molar-refractivity contribution in [1.82, 2.24) is 9.78 Å². The van der Waals surface area contributed by atoms with E-state index in [0.29, 0.717) is 11.4 Å². The average molecular weight is 414 g/mol. The zero-order chi connectivity index (χ0) is 18.3. The van der Waals surface area contributed by atoms with E-state index in [1.807, 2.05) is 47.6 Å². The van der Waals surface area contributed by atoms with Crippen molar-refractivity contribution < 1.29 is 8.42 Å². The van der Waals surface area contributed by atoms with Gasteiger partial charge in [0.15, 0.2) is 0 Å². The Balaban J connectivity index is 2.50.